The van der Waals surface area contributed by atoms with Crippen molar-refractivity contribution < 1.29 is 9.53 Å². The van der Waals surface area contributed by atoms with Crippen molar-refractivity contribution in [2.75, 3.05) is 6.54 Å². The molecule has 0 aliphatic carbocycles. The van der Waals surface area contributed by atoms with Gasteiger partial charge in [-0.15, -0.1) is 0 Å². The monoisotopic (exact) mass is 264 g/mol. The number of aromatic amines is 1. The number of carbonyl (C=O) groups is 1. The molecule has 1 aliphatic rings. The van der Waals surface area contributed by atoms with Gasteiger partial charge >= 0.3 is 6.09 Å². The number of pyridine rings is 1. The lowest BCUT2D eigenvalue weighted by molar-refractivity contribution is 0.0158. The van der Waals surface area contributed by atoms with Crippen LogP contribution in [-0.4, -0.2) is 28.1 Å². The molecule has 1 atom stereocenters. The van der Waals surface area contributed by atoms with Crippen molar-refractivity contribution in [2.24, 2.45) is 0 Å². The molecule has 1 aromatic heterocycles. The number of hydrogen-bond acceptors (Lipinski definition) is 3. The van der Waals surface area contributed by atoms with Crippen LogP contribution in [0.4, 0.5) is 4.79 Å². The molecule has 0 saturated carbocycles. The first-order chi connectivity index (χ1) is 8.78. The lowest BCUT2D eigenvalue weighted by atomic mass is 9.99. The zero-order valence-electron chi connectivity index (χ0n) is 11.8. The summed E-state index contributed by atoms with van der Waals surface area (Å²) in [5.74, 6) is 0. The van der Waals surface area contributed by atoms with Gasteiger partial charge < -0.3 is 14.6 Å². The summed E-state index contributed by atoms with van der Waals surface area (Å²) >= 11 is 0. The zero-order chi connectivity index (χ0) is 14.2. The topological polar surface area (TPSA) is 62.4 Å². The number of fused-ring (bicyclic) bond motifs is 1. The number of ether oxygens (including phenoxy) is 1. The van der Waals surface area contributed by atoms with E-state index in [1.807, 2.05) is 27.7 Å². The Morgan fingerprint density at radius 1 is 1.42 bits per heavy atom. The van der Waals surface area contributed by atoms with Crippen LogP contribution in [0.3, 0.4) is 0 Å². The van der Waals surface area contributed by atoms with Gasteiger partial charge in [0, 0.05) is 24.7 Å². The fraction of sp³-hybridized carbons (Fsp3) is 0.571. The molecule has 2 rings (SSSR count). The summed E-state index contributed by atoms with van der Waals surface area (Å²) in [6, 6.07) is 3.19. The highest BCUT2D eigenvalue weighted by atomic mass is 16.6. The molecule has 5 heteroatoms. The number of aromatic nitrogens is 1. The summed E-state index contributed by atoms with van der Waals surface area (Å²) in [6.07, 6.45) is 0.339. The smallest absolute Gasteiger partial charge is 0.410 e. The van der Waals surface area contributed by atoms with Crippen LogP contribution in [-0.2, 0) is 11.2 Å². The van der Waals surface area contributed by atoms with Crippen molar-refractivity contribution in [1.29, 1.82) is 0 Å². The van der Waals surface area contributed by atoms with E-state index < -0.39 is 5.60 Å². The Kier molecular flexibility index (Phi) is 3.39. The molecule has 1 aliphatic heterocycles. The average molecular weight is 264 g/mol. The van der Waals surface area contributed by atoms with Crippen molar-refractivity contribution in [3.63, 3.8) is 0 Å². The number of nitrogens with one attached hydrogen (secondary N) is 1. The third-order valence-corrected chi connectivity index (χ3v) is 3.19. The van der Waals surface area contributed by atoms with Gasteiger partial charge in [-0.05, 0) is 39.3 Å². The van der Waals surface area contributed by atoms with E-state index in [2.05, 4.69) is 4.98 Å². The molecular weight excluding hydrogens is 244 g/mol. The molecule has 1 amide bonds. The first-order valence-corrected chi connectivity index (χ1v) is 6.49. The van der Waals surface area contributed by atoms with Crippen LogP contribution < -0.4 is 5.56 Å². The first-order valence-electron chi connectivity index (χ1n) is 6.49. The van der Waals surface area contributed by atoms with Crippen LogP contribution in [0.15, 0.2) is 16.9 Å². The maximum absolute atomic E-state index is 12.1. The number of hydrogen-bond donors (Lipinski definition) is 1. The van der Waals surface area contributed by atoms with E-state index in [9.17, 15) is 9.59 Å². The van der Waals surface area contributed by atoms with E-state index in [-0.39, 0.29) is 17.7 Å². The second kappa shape index (κ2) is 4.72. The molecule has 1 aromatic rings. The van der Waals surface area contributed by atoms with E-state index >= 15 is 0 Å². The number of amides is 1. The van der Waals surface area contributed by atoms with Gasteiger partial charge in [0.05, 0.1) is 6.04 Å². The Labute approximate surface area is 112 Å². The second-order valence-corrected chi connectivity index (χ2v) is 5.86. The maximum Gasteiger partial charge on any atom is 0.410 e. The normalized spacial score (nSPS) is 18.9. The molecule has 0 spiro atoms. The lowest BCUT2D eigenvalue weighted by Crippen LogP contribution is -2.42. The van der Waals surface area contributed by atoms with Gasteiger partial charge in [-0.25, -0.2) is 4.79 Å². The second-order valence-electron chi connectivity index (χ2n) is 5.86. The van der Waals surface area contributed by atoms with Crippen molar-refractivity contribution in [2.45, 2.75) is 45.8 Å². The van der Waals surface area contributed by atoms with Crippen LogP contribution in [0.2, 0.25) is 0 Å². The minimum absolute atomic E-state index is 0.0875. The van der Waals surface area contributed by atoms with Crippen molar-refractivity contribution in [3.05, 3.63) is 33.7 Å². The first kappa shape index (κ1) is 13.6. The number of carbonyl (C=O) groups excluding carboxylic acids is 1. The molecule has 104 valence electrons. The molecule has 1 unspecified atom stereocenters. The molecule has 1 N–H and O–H groups in total. The molecule has 0 fully saturated rings. The molecule has 2 heterocycles. The average Bonchev–Trinajstić information content (AvgIpc) is 2.26. The van der Waals surface area contributed by atoms with E-state index in [1.54, 1.807) is 11.0 Å². The Morgan fingerprint density at radius 2 is 2.11 bits per heavy atom. The minimum atomic E-state index is -0.498. The van der Waals surface area contributed by atoms with E-state index in [1.165, 1.54) is 6.07 Å². The van der Waals surface area contributed by atoms with Crippen LogP contribution in [0.1, 0.15) is 45.0 Å². The molecule has 0 bridgehead atoms. The van der Waals surface area contributed by atoms with Crippen LogP contribution >= 0.6 is 0 Å². The number of rotatable bonds is 0. The van der Waals surface area contributed by atoms with Gasteiger partial charge in [0.15, 0.2) is 0 Å². The van der Waals surface area contributed by atoms with Crippen molar-refractivity contribution >= 4 is 6.09 Å². The van der Waals surface area contributed by atoms with Crippen LogP contribution in [0.25, 0.3) is 0 Å². The summed E-state index contributed by atoms with van der Waals surface area (Å²) in [5.41, 5.74) is 1.30. The van der Waals surface area contributed by atoms with Gasteiger partial charge in [0.25, 0.3) is 0 Å². The summed E-state index contributed by atoms with van der Waals surface area (Å²) in [7, 11) is 0. The Bertz CT molecular complexity index is 542. The van der Waals surface area contributed by atoms with Gasteiger partial charge in [-0.3, -0.25) is 4.79 Å². The summed E-state index contributed by atoms with van der Waals surface area (Å²) in [6.45, 7) is 8.06. The van der Waals surface area contributed by atoms with Gasteiger partial charge in [-0.1, -0.05) is 0 Å². The maximum atomic E-state index is 12.1. The summed E-state index contributed by atoms with van der Waals surface area (Å²) in [5, 5.41) is 0. The minimum Gasteiger partial charge on any atom is -0.444 e. The fourth-order valence-electron chi connectivity index (χ4n) is 2.29. The van der Waals surface area contributed by atoms with E-state index in [0.717, 1.165) is 11.3 Å². The molecule has 0 aromatic carbocycles. The highest BCUT2D eigenvalue weighted by Gasteiger charge is 2.31. The third-order valence-electron chi connectivity index (χ3n) is 3.19. The zero-order valence-corrected chi connectivity index (χ0v) is 11.8. The standard InChI is InChI=1S/C14H20N2O3/c1-9-10-5-6-12(17)15-11(10)7-8-16(9)13(18)19-14(2,3)4/h5-6,9H,7-8H2,1-4H3,(H,15,17). The Morgan fingerprint density at radius 3 is 2.74 bits per heavy atom. The molecule has 0 saturated heterocycles. The van der Waals surface area contributed by atoms with Gasteiger partial charge in [0.2, 0.25) is 5.56 Å². The SMILES string of the molecule is CC1c2ccc(=O)[nH]c2CCN1C(=O)OC(C)(C)C. The highest BCUT2D eigenvalue weighted by Crippen LogP contribution is 2.28. The fourth-order valence-corrected chi connectivity index (χ4v) is 2.29. The Hall–Kier alpha value is -1.78. The number of H-pyrrole nitrogens is 1. The van der Waals surface area contributed by atoms with Crippen LogP contribution in [0, 0.1) is 0 Å². The largest absolute Gasteiger partial charge is 0.444 e. The molecule has 5 nitrogen and oxygen atoms in total. The van der Waals surface area contributed by atoms with E-state index in [4.69, 9.17) is 4.74 Å². The number of nitrogens with zero attached hydrogens (tertiary/aromatic N) is 1. The summed E-state index contributed by atoms with van der Waals surface area (Å²) in [4.78, 5) is 28.0. The van der Waals surface area contributed by atoms with E-state index in [0.29, 0.717) is 13.0 Å². The van der Waals surface area contributed by atoms with Crippen molar-refractivity contribution in [3.8, 4) is 0 Å². The third kappa shape index (κ3) is 2.97. The van der Waals surface area contributed by atoms with Gasteiger partial charge in [-0.2, -0.15) is 0 Å². The lowest BCUT2D eigenvalue weighted by Gasteiger charge is -2.35. The quantitative estimate of drug-likeness (QED) is 0.781. The predicted octanol–water partition coefficient (Wildman–Crippen LogP) is 2.23. The molecule has 0 radical (unpaired) electrons. The Balaban J connectivity index is 2.22. The molecular formula is C14H20N2O3. The van der Waals surface area contributed by atoms with Gasteiger partial charge in [0.1, 0.15) is 5.60 Å². The van der Waals surface area contributed by atoms with Crippen LogP contribution in [0.5, 0.6) is 0 Å². The molecule has 19 heavy (non-hydrogen) atoms. The van der Waals surface area contributed by atoms with Crippen molar-refractivity contribution in [1.82, 2.24) is 9.88 Å². The predicted molar refractivity (Wildman–Crippen MR) is 72.1 cm³/mol. The highest BCUT2D eigenvalue weighted by molar-refractivity contribution is 5.69. The summed E-state index contributed by atoms with van der Waals surface area (Å²) < 4.78 is 5.40.